The van der Waals surface area contributed by atoms with Crippen LogP contribution < -0.4 is 10.6 Å². The first kappa shape index (κ1) is 16.1. The van der Waals surface area contributed by atoms with Gasteiger partial charge in [0.1, 0.15) is 0 Å². The third-order valence-electron chi connectivity index (χ3n) is 4.99. The molecule has 5 nitrogen and oxygen atoms in total. The van der Waals surface area contributed by atoms with Gasteiger partial charge in [-0.15, -0.1) is 0 Å². The van der Waals surface area contributed by atoms with Gasteiger partial charge in [-0.25, -0.2) is 4.79 Å². The minimum atomic E-state index is -0.830. The van der Waals surface area contributed by atoms with Crippen molar-refractivity contribution in [2.45, 2.75) is 76.2 Å². The maximum Gasteiger partial charge on any atom is 0.315 e. The quantitative estimate of drug-likeness (QED) is 0.705. The molecule has 0 unspecified atom stereocenters. The van der Waals surface area contributed by atoms with Crippen molar-refractivity contribution < 1.29 is 14.7 Å². The van der Waals surface area contributed by atoms with Crippen molar-refractivity contribution in [1.82, 2.24) is 10.6 Å². The zero-order valence-corrected chi connectivity index (χ0v) is 12.8. The highest BCUT2D eigenvalue weighted by atomic mass is 16.4. The molecule has 2 aliphatic rings. The molecule has 0 aromatic carbocycles. The first-order chi connectivity index (χ1) is 10.1. The monoisotopic (exact) mass is 296 g/mol. The van der Waals surface area contributed by atoms with Crippen LogP contribution in [0.15, 0.2) is 0 Å². The molecule has 120 valence electrons. The molecule has 5 heteroatoms. The normalized spacial score (nSPS) is 21.9. The van der Waals surface area contributed by atoms with Crippen LogP contribution in [-0.4, -0.2) is 29.2 Å². The van der Waals surface area contributed by atoms with Crippen molar-refractivity contribution in [3.8, 4) is 0 Å². The van der Waals surface area contributed by atoms with Crippen molar-refractivity contribution in [3.05, 3.63) is 0 Å². The summed E-state index contributed by atoms with van der Waals surface area (Å²) < 4.78 is 0. The molecule has 2 aliphatic carbocycles. The fourth-order valence-electron chi connectivity index (χ4n) is 3.84. The summed E-state index contributed by atoms with van der Waals surface area (Å²) in [6, 6.07) is -0.198. The highest BCUT2D eigenvalue weighted by Gasteiger charge is 2.35. The fraction of sp³-hybridized carbons (Fsp3) is 0.875. The Bertz CT molecular complexity index is 359. The number of urea groups is 1. The van der Waals surface area contributed by atoms with Gasteiger partial charge in [0.05, 0.1) is 12.0 Å². The zero-order valence-electron chi connectivity index (χ0n) is 12.8. The summed E-state index contributed by atoms with van der Waals surface area (Å²) in [4.78, 5) is 23.1. The number of aliphatic carboxylic acids is 1. The minimum absolute atomic E-state index is 0.0308. The maximum absolute atomic E-state index is 12.1. The van der Waals surface area contributed by atoms with Crippen molar-refractivity contribution in [1.29, 1.82) is 0 Å². The number of carboxylic acids is 1. The highest BCUT2D eigenvalue weighted by Crippen LogP contribution is 2.31. The molecule has 0 aromatic rings. The van der Waals surface area contributed by atoms with Gasteiger partial charge >= 0.3 is 12.0 Å². The lowest BCUT2D eigenvalue weighted by Crippen LogP contribution is -2.54. The third kappa shape index (κ3) is 5.21. The summed E-state index contributed by atoms with van der Waals surface area (Å²) >= 11 is 0. The van der Waals surface area contributed by atoms with E-state index in [-0.39, 0.29) is 12.5 Å². The Morgan fingerprint density at radius 3 is 2.33 bits per heavy atom. The lowest BCUT2D eigenvalue weighted by Gasteiger charge is -2.37. The Balaban J connectivity index is 1.75. The van der Waals surface area contributed by atoms with Gasteiger partial charge in [-0.1, -0.05) is 44.9 Å². The second-order valence-electron chi connectivity index (χ2n) is 6.73. The van der Waals surface area contributed by atoms with E-state index in [1.807, 2.05) is 0 Å². The Kier molecular flexibility index (Phi) is 5.88. The van der Waals surface area contributed by atoms with Crippen LogP contribution in [0, 0.1) is 5.92 Å². The second-order valence-corrected chi connectivity index (χ2v) is 6.73. The number of amides is 2. The molecule has 2 amide bonds. The Morgan fingerprint density at radius 2 is 1.71 bits per heavy atom. The predicted molar refractivity (Wildman–Crippen MR) is 81.2 cm³/mol. The second kappa shape index (κ2) is 7.66. The standard InChI is InChI=1S/C16H28N2O3/c19-14(20)12-16(9-4-1-5-10-16)18-15(21)17-11-8-13-6-2-3-7-13/h13H,1-12H2,(H,19,20)(H2,17,18,21). The summed E-state index contributed by atoms with van der Waals surface area (Å²) in [6.07, 6.45) is 10.9. The Hall–Kier alpha value is -1.26. The van der Waals surface area contributed by atoms with Crippen LogP contribution in [0.2, 0.25) is 0 Å². The minimum Gasteiger partial charge on any atom is -0.481 e. The van der Waals surface area contributed by atoms with E-state index in [2.05, 4.69) is 10.6 Å². The van der Waals surface area contributed by atoms with Crippen molar-refractivity contribution in [2.75, 3.05) is 6.54 Å². The number of hydrogen-bond donors (Lipinski definition) is 3. The number of rotatable bonds is 6. The topological polar surface area (TPSA) is 78.4 Å². The molecular weight excluding hydrogens is 268 g/mol. The number of carbonyl (C=O) groups excluding carboxylic acids is 1. The molecule has 0 spiro atoms. The van der Waals surface area contributed by atoms with Crippen LogP contribution in [0.1, 0.15) is 70.6 Å². The zero-order chi connectivity index (χ0) is 15.1. The van der Waals surface area contributed by atoms with Crippen LogP contribution in [0.5, 0.6) is 0 Å². The summed E-state index contributed by atoms with van der Waals surface area (Å²) in [5, 5.41) is 15.0. The molecule has 0 bridgehead atoms. The van der Waals surface area contributed by atoms with Crippen molar-refractivity contribution in [3.63, 3.8) is 0 Å². The number of carboxylic acid groups (broad SMARTS) is 1. The van der Waals surface area contributed by atoms with Gasteiger partial charge < -0.3 is 15.7 Å². The third-order valence-corrected chi connectivity index (χ3v) is 4.99. The summed E-state index contributed by atoms with van der Waals surface area (Å²) in [5.74, 6) is -0.0730. The maximum atomic E-state index is 12.1. The number of nitrogens with one attached hydrogen (secondary N) is 2. The van der Waals surface area contributed by atoms with Gasteiger partial charge in [-0.3, -0.25) is 4.79 Å². The molecule has 0 aromatic heterocycles. The Labute approximate surface area is 126 Å². The molecule has 2 rings (SSSR count). The van der Waals surface area contributed by atoms with Gasteiger partial charge in [0.2, 0.25) is 0 Å². The molecule has 0 aliphatic heterocycles. The van der Waals surface area contributed by atoms with Crippen LogP contribution in [0.4, 0.5) is 4.79 Å². The number of carbonyl (C=O) groups is 2. The summed E-state index contributed by atoms with van der Waals surface area (Å²) in [6.45, 7) is 0.694. The summed E-state index contributed by atoms with van der Waals surface area (Å²) in [5.41, 5.74) is -0.540. The molecular formula is C16H28N2O3. The van der Waals surface area contributed by atoms with Crippen molar-refractivity contribution in [2.24, 2.45) is 5.92 Å². The van der Waals surface area contributed by atoms with E-state index in [1.54, 1.807) is 0 Å². The Morgan fingerprint density at radius 1 is 1.05 bits per heavy atom. The van der Waals surface area contributed by atoms with E-state index in [1.165, 1.54) is 25.7 Å². The van der Waals surface area contributed by atoms with Crippen molar-refractivity contribution >= 4 is 12.0 Å². The first-order valence-corrected chi connectivity index (χ1v) is 8.37. The van der Waals surface area contributed by atoms with E-state index < -0.39 is 11.5 Å². The SMILES string of the molecule is O=C(O)CC1(NC(=O)NCCC2CCCC2)CCCCC1. The molecule has 3 N–H and O–H groups in total. The van der Waals surface area contributed by atoms with Crippen LogP contribution in [-0.2, 0) is 4.79 Å². The molecule has 0 atom stereocenters. The molecule has 0 radical (unpaired) electrons. The number of hydrogen-bond acceptors (Lipinski definition) is 2. The lowest BCUT2D eigenvalue weighted by atomic mass is 9.79. The predicted octanol–water partition coefficient (Wildman–Crippen LogP) is 3.04. The van der Waals surface area contributed by atoms with Crippen LogP contribution >= 0.6 is 0 Å². The van der Waals surface area contributed by atoms with Gasteiger partial charge in [0, 0.05) is 6.54 Å². The smallest absolute Gasteiger partial charge is 0.315 e. The van der Waals surface area contributed by atoms with E-state index in [0.717, 1.165) is 44.4 Å². The van der Waals surface area contributed by atoms with Gasteiger partial charge in [0.15, 0.2) is 0 Å². The van der Waals surface area contributed by atoms with E-state index >= 15 is 0 Å². The van der Waals surface area contributed by atoms with E-state index in [4.69, 9.17) is 5.11 Å². The molecule has 21 heavy (non-hydrogen) atoms. The molecule has 2 fully saturated rings. The van der Waals surface area contributed by atoms with E-state index in [0.29, 0.717) is 6.54 Å². The molecule has 0 saturated heterocycles. The average Bonchev–Trinajstić information content (AvgIpc) is 2.91. The molecule has 0 heterocycles. The fourth-order valence-corrected chi connectivity index (χ4v) is 3.84. The molecule has 2 saturated carbocycles. The van der Waals surface area contributed by atoms with Crippen LogP contribution in [0.3, 0.4) is 0 Å². The largest absolute Gasteiger partial charge is 0.481 e. The van der Waals surface area contributed by atoms with E-state index in [9.17, 15) is 9.59 Å². The van der Waals surface area contributed by atoms with Crippen LogP contribution in [0.25, 0.3) is 0 Å². The first-order valence-electron chi connectivity index (χ1n) is 8.37. The average molecular weight is 296 g/mol. The van der Waals surface area contributed by atoms with Gasteiger partial charge in [0.25, 0.3) is 0 Å². The highest BCUT2D eigenvalue weighted by molar-refractivity contribution is 5.76. The summed E-state index contributed by atoms with van der Waals surface area (Å²) in [7, 11) is 0. The lowest BCUT2D eigenvalue weighted by molar-refractivity contribution is -0.139. The van der Waals surface area contributed by atoms with Gasteiger partial charge in [-0.2, -0.15) is 0 Å². The van der Waals surface area contributed by atoms with Gasteiger partial charge in [-0.05, 0) is 25.2 Å².